The monoisotopic (exact) mass is 426 g/mol. The lowest BCUT2D eigenvalue weighted by Gasteiger charge is -2.17. The van der Waals surface area contributed by atoms with Crippen molar-refractivity contribution in [3.05, 3.63) is 73.7 Å². The number of amides is 1. The molecule has 0 atom stereocenters. The van der Waals surface area contributed by atoms with Crippen LogP contribution in [0.2, 0.25) is 0 Å². The van der Waals surface area contributed by atoms with Crippen molar-refractivity contribution in [2.45, 2.75) is 0 Å². The molecule has 32 heavy (non-hydrogen) atoms. The van der Waals surface area contributed by atoms with Gasteiger partial charge in [0.05, 0.1) is 6.67 Å². The molecule has 3 N–H and O–H groups in total. The molecule has 9 nitrogen and oxygen atoms in total. The van der Waals surface area contributed by atoms with Crippen LogP contribution in [0.1, 0.15) is 0 Å². The molecule has 0 bridgehead atoms. The van der Waals surface area contributed by atoms with Crippen molar-refractivity contribution >= 4 is 34.7 Å². The van der Waals surface area contributed by atoms with Gasteiger partial charge < -0.3 is 20.9 Å². The van der Waals surface area contributed by atoms with Gasteiger partial charge in [0.15, 0.2) is 0 Å². The minimum atomic E-state index is -0.0919. The zero-order chi connectivity index (χ0) is 22.1. The molecule has 1 aliphatic heterocycles. The molecule has 1 saturated heterocycles. The summed E-state index contributed by atoms with van der Waals surface area (Å²) in [7, 11) is 0. The van der Waals surface area contributed by atoms with Gasteiger partial charge in [0.25, 0.3) is 0 Å². The van der Waals surface area contributed by atoms with Crippen LogP contribution in [0.4, 0.5) is 23.3 Å². The van der Waals surface area contributed by atoms with Gasteiger partial charge in [0, 0.05) is 42.9 Å². The highest BCUT2D eigenvalue weighted by Crippen LogP contribution is 2.32. The van der Waals surface area contributed by atoms with E-state index < -0.39 is 0 Å². The predicted octanol–water partition coefficient (Wildman–Crippen LogP) is 2.91. The number of benzene rings is 1. The van der Waals surface area contributed by atoms with E-state index in [1.165, 1.54) is 6.08 Å². The molecule has 0 spiro atoms. The number of nitrogens with two attached hydrogens (primary N) is 1. The Labute approximate surface area is 184 Å². The zero-order valence-corrected chi connectivity index (χ0v) is 17.3. The molecule has 1 aromatic carbocycles. The highest BCUT2D eigenvalue weighted by Gasteiger charge is 2.27. The van der Waals surface area contributed by atoms with Gasteiger partial charge in [-0.25, -0.2) is 15.0 Å². The normalized spacial score (nSPS) is 13.5. The van der Waals surface area contributed by atoms with Crippen molar-refractivity contribution in [2.75, 3.05) is 35.7 Å². The predicted molar refractivity (Wildman–Crippen MR) is 124 cm³/mol. The van der Waals surface area contributed by atoms with Crippen LogP contribution < -0.4 is 16.0 Å². The maximum absolute atomic E-state index is 12.0. The van der Waals surface area contributed by atoms with E-state index in [1.807, 2.05) is 58.0 Å². The zero-order valence-electron chi connectivity index (χ0n) is 17.3. The third-order valence-electron chi connectivity index (χ3n) is 5.41. The van der Waals surface area contributed by atoms with Crippen LogP contribution in [0.3, 0.4) is 0 Å². The minimum absolute atomic E-state index is 0.0919. The Kier molecular flexibility index (Phi) is 4.91. The number of nitrogen functional groups attached to an aromatic ring is 1. The number of anilines is 4. The maximum Gasteiger partial charge on any atom is 0.247 e. The van der Waals surface area contributed by atoms with Crippen LogP contribution >= 0.6 is 0 Å². The Morgan fingerprint density at radius 3 is 2.69 bits per heavy atom. The van der Waals surface area contributed by atoms with Gasteiger partial charge in [-0.15, -0.1) is 0 Å². The second-order valence-electron chi connectivity index (χ2n) is 7.42. The lowest BCUT2D eigenvalue weighted by Crippen LogP contribution is -2.30. The number of rotatable bonds is 5. The quantitative estimate of drug-likeness (QED) is 0.473. The molecule has 0 saturated carbocycles. The molecule has 1 amide bonds. The van der Waals surface area contributed by atoms with Gasteiger partial charge in [-0.1, -0.05) is 24.8 Å². The number of nitrogens with zero attached hydrogens (tertiary/aromatic N) is 6. The first kappa shape index (κ1) is 19.6. The number of hydrogen-bond acceptors (Lipinski definition) is 7. The number of pyridine rings is 1. The summed E-state index contributed by atoms with van der Waals surface area (Å²) in [5.74, 6) is 1.80. The van der Waals surface area contributed by atoms with Crippen molar-refractivity contribution < 1.29 is 4.79 Å². The van der Waals surface area contributed by atoms with E-state index in [9.17, 15) is 4.79 Å². The summed E-state index contributed by atoms with van der Waals surface area (Å²) in [4.78, 5) is 29.3. The van der Waals surface area contributed by atoms with E-state index in [-0.39, 0.29) is 5.91 Å². The number of imidazole rings is 1. The molecule has 9 heteroatoms. The van der Waals surface area contributed by atoms with Crippen molar-refractivity contribution in [2.24, 2.45) is 0 Å². The smallest absolute Gasteiger partial charge is 0.247 e. The number of nitrogens with one attached hydrogen (secondary N) is 1. The van der Waals surface area contributed by atoms with E-state index in [4.69, 9.17) is 10.7 Å². The van der Waals surface area contributed by atoms with E-state index in [0.29, 0.717) is 25.6 Å². The summed E-state index contributed by atoms with van der Waals surface area (Å²) in [5.41, 5.74) is 9.56. The van der Waals surface area contributed by atoms with Crippen LogP contribution in [0.25, 0.3) is 16.8 Å². The highest BCUT2D eigenvalue weighted by molar-refractivity contribution is 5.89. The van der Waals surface area contributed by atoms with Gasteiger partial charge in [0.2, 0.25) is 11.9 Å². The molecule has 1 fully saturated rings. The van der Waals surface area contributed by atoms with Gasteiger partial charge in [-0.3, -0.25) is 9.20 Å². The fraction of sp³-hybridized carbons (Fsp3) is 0.130. The molecular formula is C23H22N8O. The Balaban J connectivity index is 1.49. The molecule has 0 radical (unpaired) electrons. The first-order valence-electron chi connectivity index (χ1n) is 10.2. The average Bonchev–Trinajstić information content (AvgIpc) is 3.46. The Hall–Kier alpha value is -4.40. The van der Waals surface area contributed by atoms with Crippen LogP contribution in [-0.2, 0) is 4.79 Å². The van der Waals surface area contributed by atoms with Crippen LogP contribution in [0.5, 0.6) is 0 Å². The first-order chi connectivity index (χ1) is 15.6. The molecule has 0 aliphatic carbocycles. The summed E-state index contributed by atoms with van der Waals surface area (Å²) in [5, 5.41) is 3.27. The number of aromatic nitrogens is 4. The lowest BCUT2D eigenvalue weighted by atomic mass is 10.1. The summed E-state index contributed by atoms with van der Waals surface area (Å²) in [6, 6.07) is 13.6. The summed E-state index contributed by atoms with van der Waals surface area (Å²) < 4.78 is 1.93. The summed E-state index contributed by atoms with van der Waals surface area (Å²) in [6.45, 7) is 5.31. The second kappa shape index (κ2) is 8.03. The standard InChI is InChI=1S/C23H22N8O/c1-2-19(32)29-13-14-30(15-29)23-28-20(21-22(24)26-11-12-31(21)23)16-6-8-17(9-7-16)27-18-5-3-4-10-25-18/h2-12H,1,13-15H2,(H2,24,26)(H,25,27). The van der Waals surface area contributed by atoms with Gasteiger partial charge >= 0.3 is 0 Å². The topological polar surface area (TPSA) is 105 Å². The molecule has 1 aliphatic rings. The number of carbonyl (C=O) groups is 1. The number of fused-ring (bicyclic) bond motifs is 1. The van der Waals surface area contributed by atoms with Crippen molar-refractivity contribution in [3.63, 3.8) is 0 Å². The Bertz CT molecular complexity index is 1280. The Morgan fingerprint density at radius 2 is 1.94 bits per heavy atom. The molecule has 160 valence electrons. The van der Waals surface area contributed by atoms with E-state index >= 15 is 0 Å². The lowest BCUT2D eigenvalue weighted by molar-refractivity contribution is -0.124. The molecular weight excluding hydrogens is 404 g/mol. The number of carbonyl (C=O) groups excluding carboxylic acids is 1. The summed E-state index contributed by atoms with van der Waals surface area (Å²) >= 11 is 0. The van der Waals surface area contributed by atoms with Crippen LogP contribution in [0.15, 0.2) is 73.7 Å². The maximum atomic E-state index is 12.0. The van der Waals surface area contributed by atoms with E-state index in [1.54, 1.807) is 17.3 Å². The van der Waals surface area contributed by atoms with E-state index in [2.05, 4.69) is 21.9 Å². The average molecular weight is 426 g/mol. The molecule has 4 heterocycles. The van der Waals surface area contributed by atoms with Gasteiger partial charge in [-0.2, -0.15) is 0 Å². The van der Waals surface area contributed by atoms with Crippen molar-refractivity contribution in [1.82, 2.24) is 24.3 Å². The van der Waals surface area contributed by atoms with Crippen LogP contribution in [0, 0.1) is 0 Å². The van der Waals surface area contributed by atoms with Crippen molar-refractivity contribution in [3.8, 4) is 11.3 Å². The third kappa shape index (κ3) is 3.49. The van der Waals surface area contributed by atoms with Crippen LogP contribution in [-0.4, -0.2) is 49.9 Å². The number of hydrogen-bond donors (Lipinski definition) is 2. The minimum Gasteiger partial charge on any atom is -0.382 e. The van der Waals surface area contributed by atoms with Gasteiger partial charge in [0.1, 0.15) is 22.8 Å². The van der Waals surface area contributed by atoms with Crippen molar-refractivity contribution in [1.29, 1.82) is 0 Å². The highest BCUT2D eigenvalue weighted by atomic mass is 16.2. The second-order valence-corrected chi connectivity index (χ2v) is 7.42. The molecule has 0 unspecified atom stereocenters. The fourth-order valence-electron chi connectivity index (χ4n) is 3.83. The van der Waals surface area contributed by atoms with E-state index in [0.717, 1.165) is 34.2 Å². The third-order valence-corrected chi connectivity index (χ3v) is 5.41. The Morgan fingerprint density at radius 1 is 1.09 bits per heavy atom. The fourth-order valence-corrected chi connectivity index (χ4v) is 3.83. The SMILES string of the molecule is C=CC(=O)N1CCN(c2nc(-c3ccc(Nc4ccccn4)cc3)c3c(N)nccn23)C1. The summed E-state index contributed by atoms with van der Waals surface area (Å²) in [6.07, 6.45) is 6.57. The molecule has 5 rings (SSSR count). The largest absolute Gasteiger partial charge is 0.382 e. The molecule has 4 aromatic rings. The first-order valence-corrected chi connectivity index (χ1v) is 10.2. The molecule has 3 aromatic heterocycles. The van der Waals surface area contributed by atoms with Gasteiger partial charge in [-0.05, 0) is 30.3 Å².